The lowest BCUT2D eigenvalue weighted by atomic mass is 9.89. The molecule has 8 heteroatoms. The van der Waals surface area contributed by atoms with Crippen LogP contribution in [0, 0.1) is 0 Å². The molecule has 0 radical (unpaired) electrons. The van der Waals surface area contributed by atoms with E-state index in [0.717, 1.165) is 25.9 Å². The van der Waals surface area contributed by atoms with Gasteiger partial charge in [0.15, 0.2) is 0 Å². The molecule has 0 bridgehead atoms. The maximum atomic E-state index is 13.4. The Labute approximate surface area is 156 Å². The summed E-state index contributed by atoms with van der Waals surface area (Å²) >= 11 is 0. The predicted octanol–water partition coefficient (Wildman–Crippen LogP) is 3.87. The van der Waals surface area contributed by atoms with E-state index in [0.29, 0.717) is 30.9 Å². The molecule has 2 saturated heterocycles. The number of nitrogens with one attached hydrogen (secondary N) is 1. The largest absolute Gasteiger partial charge is 0.439 e. The average molecular weight is 380 g/mol. The fourth-order valence-electron chi connectivity index (χ4n) is 4.30. The van der Waals surface area contributed by atoms with E-state index in [1.807, 2.05) is 12.1 Å². The van der Waals surface area contributed by atoms with Gasteiger partial charge in [0.2, 0.25) is 0 Å². The number of amides is 1. The molecule has 1 atom stereocenters. The molecule has 3 aliphatic rings. The van der Waals surface area contributed by atoms with Crippen LogP contribution in [0.15, 0.2) is 34.5 Å². The zero-order valence-electron chi connectivity index (χ0n) is 15.0. The number of likely N-dealkylation sites (tertiary alicyclic amines) is 1. The zero-order valence-corrected chi connectivity index (χ0v) is 15.0. The van der Waals surface area contributed by atoms with Crippen LogP contribution in [0.25, 0.3) is 0 Å². The molecule has 0 aromatic heterocycles. The number of halogens is 3. The number of rotatable bonds is 3. The number of carbonyl (C=O) groups is 1. The normalized spacial score (nSPS) is 25.4. The highest BCUT2D eigenvalue weighted by molar-refractivity contribution is 5.94. The third-order valence-electron chi connectivity index (χ3n) is 5.93. The van der Waals surface area contributed by atoms with Crippen molar-refractivity contribution in [3.8, 4) is 0 Å². The second-order valence-electron chi connectivity index (χ2n) is 7.58. The van der Waals surface area contributed by atoms with Gasteiger partial charge in [-0.15, -0.1) is 10.2 Å². The first-order valence-corrected chi connectivity index (χ1v) is 9.55. The molecule has 146 valence electrons. The van der Waals surface area contributed by atoms with E-state index in [-0.39, 0.29) is 12.3 Å². The van der Waals surface area contributed by atoms with Gasteiger partial charge in [0, 0.05) is 12.1 Å². The number of piperidine rings is 2. The topological polar surface area (TPSA) is 57.1 Å². The standard InChI is InChI=1S/C19H23F3N4O/c20-19(21,22)18(24-25-18)16-3-1-2-12-26(16)17(27)15-6-4-13(5-7-15)14-8-10-23-11-9-14/h4-7,14,16,23H,1-3,8-12H2. The molecule has 0 spiro atoms. The lowest BCUT2D eigenvalue weighted by Gasteiger charge is -2.38. The van der Waals surface area contributed by atoms with Crippen LogP contribution in [0.5, 0.6) is 0 Å². The second kappa shape index (κ2) is 6.89. The van der Waals surface area contributed by atoms with Crippen LogP contribution in [0.3, 0.4) is 0 Å². The number of carbonyl (C=O) groups excluding carboxylic acids is 1. The molecule has 4 rings (SSSR count). The summed E-state index contributed by atoms with van der Waals surface area (Å²) in [5, 5.41) is 9.98. The summed E-state index contributed by atoms with van der Waals surface area (Å²) in [6, 6.07) is 6.32. The van der Waals surface area contributed by atoms with E-state index in [1.54, 1.807) is 12.1 Å². The predicted molar refractivity (Wildman–Crippen MR) is 93.6 cm³/mol. The SMILES string of the molecule is O=C(c1ccc(C2CCNCC2)cc1)N1CCCCC1C1(C(F)(F)F)N=N1. The molecule has 5 nitrogen and oxygen atoms in total. The van der Waals surface area contributed by atoms with Crippen LogP contribution in [-0.4, -0.2) is 48.3 Å². The van der Waals surface area contributed by atoms with Crippen molar-refractivity contribution < 1.29 is 18.0 Å². The number of hydrogen-bond donors (Lipinski definition) is 1. The monoisotopic (exact) mass is 380 g/mol. The molecule has 1 N–H and O–H groups in total. The van der Waals surface area contributed by atoms with Gasteiger partial charge in [-0.1, -0.05) is 12.1 Å². The molecule has 0 aliphatic carbocycles. The highest BCUT2D eigenvalue weighted by Gasteiger charge is 2.70. The van der Waals surface area contributed by atoms with E-state index in [4.69, 9.17) is 0 Å². The minimum Gasteiger partial charge on any atom is -0.331 e. The van der Waals surface area contributed by atoms with Crippen molar-refractivity contribution in [2.24, 2.45) is 10.2 Å². The van der Waals surface area contributed by atoms with Crippen molar-refractivity contribution in [1.82, 2.24) is 10.2 Å². The first-order chi connectivity index (χ1) is 12.9. The fraction of sp³-hybridized carbons (Fsp3) is 0.632. The van der Waals surface area contributed by atoms with Gasteiger partial charge >= 0.3 is 11.8 Å². The van der Waals surface area contributed by atoms with Gasteiger partial charge in [-0.2, -0.15) is 13.2 Å². The zero-order chi connectivity index (χ0) is 19.1. The van der Waals surface area contributed by atoms with Crippen LogP contribution in [0.2, 0.25) is 0 Å². The van der Waals surface area contributed by atoms with Crippen molar-refractivity contribution in [2.75, 3.05) is 19.6 Å². The maximum Gasteiger partial charge on any atom is 0.439 e. The lowest BCUT2D eigenvalue weighted by Crippen LogP contribution is -2.56. The molecule has 3 aliphatic heterocycles. The third kappa shape index (κ3) is 3.35. The van der Waals surface area contributed by atoms with Crippen molar-refractivity contribution in [1.29, 1.82) is 0 Å². The number of alkyl halides is 3. The van der Waals surface area contributed by atoms with Crippen LogP contribution < -0.4 is 5.32 Å². The Hall–Kier alpha value is -1.96. The summed E-state index contributed by atoms with van der Waals surface area (Å²) in [5.74, 6) is 0.105. The van der Waals surface area contributed by atoms with Crippen LogP contribution in [-0.2, 0) is 0 Å². The Balaban J connectivity index is 1.52. The average Bonchev–Trinajstić information content (AvgIpc) is 3.50. The van der Waals surface area contributed by atoms with E-state index in [2.05, 4.69) is 15.5 Å². The molecule has 3 heterocycles. The Kier molecular flexibility index (Phi) is 4.70. The summed E-state index contributed by atoms with van der Waals surface area (Å²) in [7, 11) is 0. The third-order valence-corrected chi connectivity index (χ3v) is 5.93. The van der Waals surface area contributed by atoms with Gasteiger partial charge in [0.1, 0.15) is 0 Å². The molecule has 1 unspecified atom stereocenters. The smallest absolute Gasteiger partial charge is 0.331 e. The summed E-state index contributed by atoms with van der Waals surface area (Å²) in [5.41, 5.74) is -0.808. The maximum absolute atomic E-state index is 13.4. The number of nitrogens with zero attached hydrogens (tertiary/aromatic N) is 3. The van der Waals surface area contributed by atoms with Crippen molar-refractivity contribution in [3.05, 3.63) is 35.4 Å². The van der Waals surface area contributed by atoms with Crippen molar-refractivity contribution >= 4 is 5.91 Å². The molecule has 0 saturated carbocycles. The molecule has 2 fully saturated rings. The summed E-state index contributed by atoms with van der Waals surface area (Å²) in [4.78, 5) is 14.3. The van der Waals surface area contributed by atoms with Crippen molar-refractivity contribution in [3.63, 3.8) is 0 Å². The first kappa shape index (κ1) is 18.4. The minimum absolute atomic E-state index is 0.269. The Bertz CT molecular complexity index is 719. The van der Waals surface area contributed by atoms with Gasteiger partial charge < -0.3 is 10.2 Å². The molecule has 27 heavy (non-hydrogen) atoms. The fourth-order valence-corrected chi connectivity index (χ4v) is 4.30. The highest BCUT2D eigenvalue weighted by Crippen LogP contribution is 2.50. The Morgan fingerprint density at radius 3 is 2.33 bits per heavy atom. The minimum atomic E-state index is -4.56. The number of hydrogen-bond acceptors (Lipinski definition) is 4. The van der Waals surface area contributed by atoms with E-state index in [9.17, 15) is 18.0 Å². The van der Waals surface area contributed by atoms with E-state index >= 15 is 0 Å². The van der Waals surface area contributed by atoms with Crippen LogP contribution >= 0.6 is 0 Å². The lowest BCUT2D eigenvalue weighted by molar-refractivity contribution is -0.179. The first-order valence-electron chi connectivity index (χ1n) is 9.55. The van der Waals surface area contributed by atoms with Crippen LogP contribution in [0.1, 0.15) is 53.9 Å². The van der Waals surface area contributed by atoms with Gasteiger partial charge in [-0.25, -0.2) is 0 Å². The summed E-state index contributed by atoms with van der Waals surface area (Å²) in [6.45, 7) is 2.27. The number of benzene rings is 1. The van der Waals surface area contributed by atoms with Crippen molar-refractivity contribution in [2.45, 2.75) is 55.9 Å². The van der Waals surface area contributed by atoms with Gasteiger partial charge in [0.25, 0.3) is 5.91 Å². The van der Waals surface area contributed by atoms with Gasteiger partial charge in [0.05, 0.1) is 6.04 Å². The molecule has 1 aromatic carbocycles. The Morgan fingerprint density at radius 2 is 1.74 bits per heavy atom. The summed E-state index contributed by atoms with van der Waals surface area (Å²) < 4.78 is 40.3. The summed E-state index contributed by atoms with van der Waals surface area (Å²) in [6.07, 6.45) is -0.843. The highest BCUT2D eigenvalue weighted by atomic mass is 19.4. The van der Waals surface area contributed by atoms with E-state index in [1.165, 1.54) is 10.5 Å². The molecule has 1 amide bonds. The van der Waals surface area contributed by atoms with Crippen LogP contribution in [0.4, 0.5) is 13.2 Å². The second-order valence-corrected chi connectivity index (χ2v) is 7.58. The molecular weight excluding hydrogens is 357 g/mol. The van der Waals surface area contributed by atoms with Gasteiger partial charge in [-0.05, 0) is 68.8 Å². The van der Waals surface area contributed by atoms with Gasteiger partial charge in [-0.3, -0.25) is 4.79 Å². The Morgan fingerprint density at radius 1 is 1.07 bits per heavy atom. The molecule has 1 aromatic rings. The van der Waals surface area contributed by atoms with E-state index < -0.39 is 17.9 Å². The molecular formula is C19H23F3N4O. The quantitative estimate of drug-likeness (QED) is 0.865.